The Hall–Kier alpha value is -2.61. The van der Waals surface area contributed by atoms with E-state index in [1.165, 1.54) is 13.0 Å². The molecule has 1 aromatic carbocycles. The van der Waals surface area contributed by atoms with Crippen LogP contribution in [-0.2, 0) is 0 Å². The number of rotatable bonds is 2. The molecule has 0 spiro atoms. The predicted octanol–water partition coefficient (Wildman–Crippen LogP) is 1.10. The third-order valence-corrected chi connectivity index (χ3v) is 3.01. The Balaban J connectivity index is 2.85. The van der Waals surface area contributed by atoms with Gasteiger partial charge in [-0.1, -0.05) is 11.6 Å². The summed E-state index contributed by atoms with van der Waals surface area (Å²) in [7, 11) is 0. The zero-order valence-electron chi connectivity index (χ0n) is 10.1. The smallest absolute Gasteiger partial charge is 0.335 e. The van der Waals surface area contributed by atoms with Crippen molar-refractivity contribution in [2.45, 2.75) is 6.92 Å². The molecule has 1 heterocycles. The number of aromatic nitrogens is 2. The minimum Gasteiger partial charge on any atom is -0.494 e. The number of aromatic hydroxyl groups is 1. The van der Waals surface area contributed by atoms with E-state index in [0.29, 0.717) is 4.57 Å². The summed E-state index contributed by atoms with van der Waals surface area (Å²) in [5, 5.41) is 20.6. The van der Waals surface area contributed by atoms with Crippen molar-refractivity contribution in [3.8, 4) is 11.6 Å². The zero-order chi connectivity index (χ0) is 15.0. The van der Waals surface area contributed by atoms with Crippen LogP contribution in [0.1, 0.15) is 5.56 Å². The minimum absolute atomic E-state index is 0.0134. The van der Waals surface area contributed by atoms with Gasteiger partial charge >= 0.3 is 5.69 Å². The highest BCUT2D eigenvalue weighted by atomic mass is 35.5. The van der Waals surface area contributed by atoms with Crippen LogP contribution in [0.2, 0.25) is 5.02 Å². The molecule has 9 heteroatoms. The number of halogens is 1. The molecule has 0 aliphatic carbocycles. The van der Waals surface area contributed by atoms with Crippen LogP contribution >= 0.6 is 11.6 Å². The maximum Gasteiger partial charge on any atom is 0.335 e. The number of nitrogens with one attached hydrogen (secondary N) is 1. The third-order valence-electron chi connectivity index (χ3n) is 2.69. The van der Waals surface area contributed by atoms with E-state index in [1.54, 1.807) is 0 Å². The summed E-state index contributed by atoms with van der Waals surface area (Å²) in [4.78, 5) is 35.2. The molecule has 0 saturated carbocycles. The molecule has 0 aliphatic rings. The van der Waals surface area contributed by atoms with Gasteiger partial charge in [0.25, 0.3) is 11.2 Å². The topological polar surface area (TPSA) is 118 Å². The van der Waals surface area contributed by atoms with Gasteiger partial charge in [-0.3, -0.25) is 19.9 Å². The normalized spacial score (nSPS) is 10.5. The first-order valence-corrected chi connectivity index (χ1v) is 5.70. The number of H-pyrrole nitrogens is 1. The molecule has 0 atom stereocenters. The van der Waals surface area contributed by atoms with Gasteiger partial charge in [0.15, 0.2) is 0 Å². The Morgan fingerprint density at radius 3 is 2.65 bits per heavy atom. The summed E-state index contributed by atoms with van der Waals surface area (Å²) >= 11 is 5.89. The van der Waals surface area contributed by atoms with E-state index < -0.39 is 22.1 Å². The lowest BCUT2D eigenvalue weighted by Crippen LogP contribution is -2.30. The van der Waals surface area contributed by atoms with Gasteiger partial charge in [-0.05, 0) is 13.0 Å². The quantitative estimate of drug-likeness (QED) is 0.635. The van der Waals surface area contributed by atoms with Gasteiger partial charge in [-0.25, -0.2) is 9.36 Å². The maximum atomic E-state index is 11.8. The minimum atomic E-state index is -0.944. The second kappa shape index (κ2) is 4.82. The summed E-state index contributed by atoms with van der Waals surface area (Å²) in [6.07, 6.45) is 0. The van der Waals surface area contributed by atoms with Gasteiger partial charge in [0.2, 0.25) is 5.88 Å². The Morgan fingerprint density at radius 2 is 2.05 bits per heavy atom. The molecular formula is C11H8ClN3O5. The van der Waals surface area contributed by atoms with Crippen molar-refractivity contribution in [3.05, 3.63) is 59.7 Å². The Bertz CT molecular complexity index is 824. The monoisotopic (exact) mass is 297 g/mol. The van der Waals surface area contributed by atoms with Crippen LogP contribution < -0.4 is 11.2 Å². The van der Waals surface area contributed by atoms with Crippen molar-refractivity contribution in [3.63, 3.8) is 0 Å². The van der Waals surface area contributed by atoms with Crippen LogP contribution in [-0.4, -0.2) is 19.6 Å². The van der Waals surface area contributed by atoms with Crippen LogP contribution in [0.4, 0.5) is 5.69 Å². The number of hydrogen-bond donors (Lipinski definition) is 2. The third kappa shape index (κ3) is 2.16. The van der Waals surface area contributed by atoms with Crippen molar-refractivity contribution in [1.29, 1.82) is 0 Å². The molecule has 20 heavy (non-hydrogen) atoms. The van der Waals surface area contributed by atoms with Gasteiger partial charge in [0.05, 0.1) is 21.2 Å². The molecule has 0 unspecified atom stereocenters. The maximum absolute atomic E-state index is 11.8. The fourth-order valence-corrected chi connectivity index (χ4v) is 1.82. The van der Waals surface area contributed by atoms with E-state index in [0.717, 1.165) is 12.1 Å². The highest BCUT2D eigenvalue weighted by molar-refractivity contribution is 6.32. The molecule has 0 amide bonds. The zero-order valence-corrected chi connectivity index (χ0v) is 10.8. The molecule has 0 bridgehead atoms. The summed E-state index contributed by atoms with van der Waals surface area (Å²) in [6, 6.07) is 3.41. The average molecular weight is 298 g/mol. The molecule has 0 saturated heterocycles. The van der Waals surface area contributed by atoms with Gasteiger partial charge in [-0.15, -0.1) is 0 Å². The molecule has 0 radical (unpaired) electrons. The molecule has 104 valence electrons. The van der Waals surface area contributed by atoms with E-state index >= 15 is 0 Å². The van der Waals surface area contributed by atoms with E-state index in [4.69, 9.17) is 11.6 Å². The van der Waals surface area contributed by atoms with Crippen molar-refractivity contribution < 1.29 is 10.0 Å². The Labute approximate surface area is 116 Å². The molecular weight excluding hydrogens is 290 g/mol. The molecule has 8 nitrogen and oxygen atoms in total. The van der Waals surface area contributed by atoms with Crippen molar-refractivity contribution in [1.82, 2.24) is 9.55 Å². The molecule has 2 N–H and O–H groups in total. The van der Waals surface area contributed by atoms with Crippen molar-refractivity contribution in [2.75, 3.05) is 0 Å². The van der Waals surface area contributed by atoms with Gasteiger partial charge in [0, 0.05) is 12.1 Å². The largest absolute Gasteiger partial charge is 0.494 e. The second-order valence-corrected chi connectivity index (χ2v) is 4.34. The number of nitro groups is 1. The Kier molecular flexibility index (Phi) is 3.33. The second-order valence-electron chi connectivity index (χ2n) is 3.94. The summed E-state index contributed by atoms with van der Waals surface area (Å²) in [6.45, 7) is 1.30. The van der Waals surface area contributed by atoms with E-state index in [9.17, 15) is 24.8 Å². The lowest BCUT2D eigenvalue weighted by Gasteiger charge is -2.10. The first-order valence-electron chi connectivity index (χ1n) is 5.32. The van der Waals surface area contributed by atoms with Crippen LogP contribution in [0.3, 0.4) is 0 Å². The number of non-ortho nitro benzene ring substituents is 1. The standard InChI is InChI=1S/C11H8ClN3O5/c1-5-9(16)13-11(18)14(10(5)17)8-4-6(15(19)20)2-3-7(8)12/h2-4,17H,1H3,(H,13,16,18). The lowest BCUT2D eigenvalue weighted by atomic mass is 10.2. The molecule has 2 aromatic rings. The number of nitro benzene ring substituents is 1. The van der Waals surface area contributed by atoms with Gasteiger partial charge in [0.1, 0.15) is 0 Å². The SMILES string of the molecule is Cc1c(O)n(-c2cc([N+](=O)[O-])ccc2Cl)c(=O)[nH]c1=O. The van der Waals surface area contributed by atoms with E-state index in [1.807, 2.05) is 4.98 Å². The molecule has 0 fully saturated rings. The van der Waals surface area contributed by atoms with Crippen LogP contribution in [0.5, 0.6) is 5.88 Å². The molecule has 2 rings (SSSR count). The highest BCUT2D eigenvalue weighted by Gasteiger charge is 2.17. The summed E-state index contributed by atoms with van der Waals surface area (Å²) in [5.74, 6) is -0.624. The summed E-state index contributed by atoms with van der Waals surface area (Å²) < 4.78 is 0.700. The lowest BCUT2D eigenvalue weighted by molar-refractivity contribution is -0.384. The number of benzene rings is 1. The van der Waals surface area contributed by atoms with Gasteiger partial charge in [-0.2, -0.15) is 0 Å². The van der Waals surface area contributed by atoms with Crippen molar-refractivity contribution in [2.24, 2.45) is 0 Å². The highest BCUT2D eigenvalue weighted by Crippen LogP contribution is 2.27. The van der Waals surface area contributed by atoms with Crippen molar-refractivity contribution >= 4 is 17.3 Å². The number of nitrogens with zero attached hydrogens (tertiary/aromatic N) is 2. The van der Waals surface area contributed by atoms with E-state index in [-0.39, 0.29) is 22.0 Å². The molecule has 0 aliphatic heterocycles. The number of hydrogen-bond acceptors (Lipinski definition) is 5. The fraction of sp³-hybridized carbons (Fsp3) is 0.0909. The van der Waals surface area contributed by atoms with Crippen LogP contribution in [0.25, 0.3) is 5.69 Å². The Morgan fingerprint density at radius 1 is 1.40 bits per heavy atom. The van der Waals surface area contributed by atoms with Crippen LogP contribution in [0.15, 0.2) is 27.8 Å². The summed E-state index contributed by atoms with van der Waals surface area (Å²) in [5.41, 5.74) is -2.19. The first kappa shape index (κ1) is 13.8. The number of aromatic amines is 1. The molecule has 1 aromatic heterocycles. The first-order chi connectivity index (χ1) is 9.32. The van der Waals surface area contributed by atoms with Gasteiger partial charge < -0.3 is 5.11 Å². The van der Waals surface area contributed by atoms with Crippen LogP contribution in [0, 0.1) is 17.0 Å². The fourth-order valence-electron chi connectivity index (χ4n) is 1.62. The average Bonchev–Trinajstić information content (AvgIpc) is 2.38. The predicted molar refractivity (Wildman–Crippen MR) is 70.7 cm³/mol. The van der Waals surface area contributed by atoms with E-state index in [2.05, 4.69) is 0 Å².